The van der Waals surface area contributed by atoms with Gasteiger partial charge in [0.1, 0.15) is 0 Å². The summed E-state index contributed by atoms with van der Waals surface area (Å²) in [6.07, 6.45) is 2.63. The normalized spacial score (nSPS) is 26.0. The molecule has 5 nitrogen and oxygen atoms in total. The molecular weight excluding hydrogens is 172 g/mol. The van der Waals surface area contributed by atoms with Gasteiger partial charge in [-0.2, -0.15) is 0 Å². The van der Waals surface area contributed by atoms with Crippen molar-refractivity contribution in [3.05, 3.63) is 0 Å². The van der Waals surface area contributed by atoms with Gasteiger partial charge in [0.2, 0.25) is 0 Å². The van der Waals surface area contributed by atoms with Crippen molar-refractivity contribution in [2.24, 2.45) is 16.5 Å². The van der Waals surface area contributed by atoms with Gasteiger partial charge in [-0.1, -0.05) is 0 Å². The van der Waals surface area contributed by atoms with Gasteiger partial charge in [0.05, 0.1) is 0 Å². The van der Waals surface area contributed by atoms with Crippen molar-refractivity contribution < 1.29 is 15.1 Å². The Balaban J connectivity index is 1.79. The fourth-order valence-corrected chi connectivity index (χ4v) is 2.41. The van der Waals surface area contributed by atoms with Gasteiger partial charge < -0.3 is 15.2 Å². The summed E-state index contributed by atoms with van der Waals surface area (Å²) in [7, 11) is 0. The zero-order valence-electron chi connectivity index (χ0n) is 7.18. The van der Waals surface area contributed by atoms with E-state index in [1.165, 1.54) is 11.1 Å². The van der Waals surface area contributed by atoms with E-state index in [-0.39, 0.29) is 5.41 Å². The van der Waals surface area contributed by atoms with Crippen molar-refractivity contribution in [1.82, 2.24) is 4.90 Å². The maximum Gasteiger partial charge on any atom is 0.407 e. The monoisotopic (exact) mass is 184 g/mol. The van der Waals surface area contributed by atoms with Crippen LogP contribution in [0, 0.1) is 11.3 Å². The summed E-state index contributed by atoms with van der Waals surface area (Å²) in [5, 5.41) is 19.9. The summed E-state index contributed by atoms with van der Waals surface area (Å²) in [5.74, 6) is 0.348. The Bertz CT molecular complexity index is 250. The van der Waals surface area contributed by atoms with Crippen LogP contribution in [0.15, 0.2) is 5.16 Å². The molecule has 13 heavy (non-hydrogen) atoms. The summed E-state index contributed by atoms with van der Waals surface area (Å²) >= 11 is 0. The zero-order valence-corrected chi connectivity index (χ0v) is 7.18. The quantitative estimate of drug-likeness (QED) is 0.360. The maximum absolute atomic E-state index is 10.5. The number of carboxylic acid groups (broad SMARTS) is 1. The number of hydrogen-bond acceptors (Lipinski definition) is 3. The number of oxime groups is 1. The number of rotatable bonds is 1. The predicted molar refractivity (Wildman–Crippen MR) is 45.0 cm³/mol. The van der Waals surface area contributed by atoms with Crippen LogP contribution in [-0.2, 0) is 0 Å². The standard InChI is InChI=1S/C8H12N2O3/c11-7(12)10-4-8(5-10)1-6(2-8)3-9-13/h3,6,13H,1-2,4-5H2,(H,11,12)/b9-3+. The summed E-state index contributed by atoms with van der Waals surface area (Å²) in [6.45, 7) is 1.30. The topological polar surface area (TPSA) is 73.1 Å². The fraction of sp³-hybridized carbons (Fsp3) is 0.750. The highest BCUT2D eigenvalue weighted by atomic mass is 16.4. The Kier molecular flexibility index (Phi) is 1.68. The average molecular weight is 184 g/mol. The van der Waals surface area contributed by atoms with Gasteiger partial charge in [-0.15, -0.1) is 5.16 Å². The first-order valence-electron chi connectivity index (χ1n) is 4.31. The van der Waals surface area contributed by atoms with E-state index in [1.807, 2.05) is 0 Å². The lowest BCUT2D eigenvalue weighted by Gasteiger charge is -2.57. The second-order valence-corrected chi connectivity index (χ2v) is 4.07. The van der Waals surface area contributed by atoms with Crippen molar-refractivity contribution in [2.45, 2.75) is 12.8 Å². The molecule has 5 heteroatoms. The molecule has 1 heterocycles. The lowest BCUT2D eigenvalue weighted by Crippen LogP contribution is -2.63. The molecule has 2 aliphatic rings. The fourth-order valence-electron chi connectivity index (χ4n) is 2.41. The number of carbonyl (C=O) groups is 1. The van der Waals surface area contributed by atoms with E-state index in [2.05, 4.69) is 5.16 Å². The molecule has 1 spiro atoms. The molecule has 0 radical (unpaired) electrons. The summed E-state index contributed by atoms with van der Waals surface area (Å²) < 4.78 is 0. The minimum absolute atomic E-state index is 0.213. The van der Waals surface area contributed by atoms with Crippen LogP contribution in [0.3, 0.4) is 0 Å². The lowest BCUT2D eigenvalue weighted by molar-refractivity contribution is -0.0613. The van der Waals surface area contributed by atoms with E-state index < -0.39 is 6.09 Å². The van der Waals surface area contributed by atoms with Crippen LogP contribution >= 0.6 is 0 Å². The summed E-state index contributed by atoms with van der Waals surface area (Å²) in [5.41, 5.74) is 0.213. The van der Waals surface area contributed by atoms with Crippen LogP contribution in [-0.4, -0.2) is 40.6 Å². The third-order valence-electron chi connectivity index (χ3n) is 2.99. The SMILES string of the molecule is O=C(O)N1CC2(CC(/C=N/O)C2)C1. The molecule has 1 saturated carbocycles. The van der Waals surface area contributed by atoms with Gasteiger partial charge in [-0.05, 0) is 18.8 Å². The van der Waals surface area contributed by atoms with Gasteiger partial charge in [-0.3, -0.25) is 0 Å². The summed E-state index contributed by atoms with van der Waals surface area (Å²) in [6, 6.07) is 0. The zero-order chi connectivity index (χ0) is 9.47. The van der Waals surface area contributed by atoms with E-state index in [4.69, 9.17) is 10.3 Å². The first-order valence-corrected chi connectivity index (χ1v) is 4.31. The summed E-state index contributed by atoms with van der Waals surface area (Å²) in [4.78, 5) is 11.9. The first kappa shape index (κ1) is 8.34. The van der Waals surface area contributed by atoms with Gasteiger partial charge in [-0.25, -0.2) is 4.79 Å². The second-order valence-electron chi connectivity index (χ2n) is 4.07. The highest BCUT2D eigenvalue weighted by Crippen LogP contribution is 2.51. The molecule has 2 rings (SSSR count). The molecule has 0 aromatic heterocycles. The Morgan fingerprint density at radius 1 is 1.54 bits per heavy atom. The molecule has 2 N–H and O–H groups in total. The van der Waals surface area contributed by atoms with E-state index in [0.29, 0.717) is 19.0 Å². The molecule has 0 atom stereocenters. The Morgan fingerprint density at radius 3 is 2.62 bits per heavy atom. The van der Waals surface area contributed by atoms with Gasteiger partial charge in [0.15, 0.2) is 0 Å². The molecule has 0 bridgehead atoms. The van der Waals surface area contributed by atoms with Crippen LogP contribution < -0.4 is 0 Å². The van der Waals surface area contributed by atoms with Gasteiger partial charge >= 0.3 is 6.09 Å². The minimum Gasteiger partial charge on any atom is -0.465 e. The third kappa shape index (κ3) is 1.24. The van der Waals surface area contributed by atoms with Gasteiger partial charge in [0.25, 0.3) is 0 Å². The Morgan fingerprint density at radius 2 is 2.15 bits per heavy atom. The first-order chi connectivity index (χ1) is 6.15. The van der Waals surface area contributed by atoms with Crippen LogP contribution in [0.4, 0.5) is 4.79 Å². The largest absolute Gasteiger partial charge is 0.465 e. The molecule has 72 valence electrons. The maximum atomic E-state index is 10.5. The predicted octanol–water partition coefficient (Wildman–Crippen LogP) is 0.836. The van der Waals surface area contributed by atoms with E-state index in [1.54, 1.807) is 0 Å². The Labute approximate surface area is 75.6 Å². The lowest BCUT2D eigenvalue weighted by atomic mass is 9.58. The molecule has 1 aliphatic carbocycles. The van der Waals surface area contributed by atoms with Crippen LogP contribution in [0.2, 0.25) is 0 Å². The highest BCUT2D eigenvalue weighted by molar-refractivity contribution is 5.67. The molecule has 1 amide bonds. The van der Waals surface area contributed by atoms with E-state index in [0.717, 1.165) is 12.8 Å². The molecule has 1 aliphatic heterocycles. The molecule has 0 aromatic carbocycles. The number of likely N-dealkylation sites (tertiary alicyclic amines) is 1. The third-order valence-corrected chi connectivity index (χ3v) is 2.99. The molecule has 1 saturated heterocycles. The molecule has 2 fully saturated rings. The van der Waals surface area contributed by atoms with Crippen molar-refractivity contribution in [3.8, 4) is 0 Å². The van der Waals surface area contributed by atoms with Crippen LogP contribution in [0.1, 0.15) is 12.8 Å². The number of hydrogen-bond donors (Lipinski definition) is 2. The van der Waals surface area contributed by atoms with Crippen molar-refractivity contribution in [3.63, 3.8) is 0 Å². The second kappa shape index (κ2) is 2.61. The highest BCUT2D eigenvalue weighted by Gasteiger charge is 2.53. The van der Waals surface area contributed by atoms with E-state index in [9.17, 15) is 4.79 Å². The molecule has 0 aromatic rings. The average Bonchev–Trinajstić information content (AvgIpc) is 1.90. The molecular formula is C8H12N2O3. The van der Waals surface area contributed by atoms with Crippen molar-refractivity contribution in [2.75, 3.05) is 13.1 Å². The van der Waals surface area contributed by atoms with Crippen LogP contribution in [0.25, 0.3) is 0 Å². The van der Waals surface area contributed by atoms with Crippen LogP contribution in [0.5, 0.6) is 0 Å². The smallest absolute Gasteiger partial charge is 0.407 e. The van der Waals surface area contributed by atoms with Gasteiger partial charge in [0, 0.05) is 24.7 Å². The van der Waals surface area contributed by atoms with E-state index >= 15 is 0 Å². The Hall–Kier alpha value is -1.26. The minimum atomic E-state index is -0.829. The van der Waals surface area contributed by atoms with Crippen molar-refractivity contribution >= 4 is 12.3 Å². The van der Waals surface area contributed by atoms with Crippen molar-refractivity contribution in [1.29, 1.82) is 0 Å². The number of nitrogens with zero attached hydrogens (tertiary/aromatic N) is 2. The number of amides is 1. The molecule has 0 unspecified atom stereocenters.